The minimum Gasteiger partial charge on any atom is -0.492 e. The lowest BCUT2D eigenvalue weighted by Gasteiger charge is -2.20. The Hall–Kier alpha value is -4.24. The molecule has 0 fully saturated rings. The number of benzene rings is 3. The number of hydrogen-bond acceptors (Lipinski definition) is 7. The topological polar surface area (TPSA) is 105 Å². The Balaban J connectivity index is 1.35. The Morgan fingerprint density at radius 1 is 1.03 bits per heavy atom. The van der Waals surface area contributed by atoms with Crippen LogP contribution in [0.15, 0.2) is 77.2 Å². The van der Waals surface area contributed by atoms with Gasteiger partial charge in [-0.1, -0.05) is 35.9 Å². The van der Waals surface area contributed by atoms with E-state index in [1.54, 1.807) is 36.4 Å². The van der Waals surface area contributed by atoms with Crippen molar-refractivity contribution in [2.45, 2.75) is 6.54 Å². The Labute approximate surface area is 212 Å². The fourth-order valence-corrected chi connectivity index (χ4v) is 3.52. The first-order chi connectivity index (χ1) is 17.4. The summed E-state index contributed by atoms with van der Waals surface area (Å²) in [4.78, 5) is 31.4. The number of carbonyl (C=O) groups excluding carboxylic acids is 1. The van der Waals surface area contributed by atoms with E-state index in [0.29, 0.717) is 41.1 Å². The molecule has 0 unspecified atom stereocenters. The number of carboxylic acids is 1. The van der Waals surface area contributed by atoms with Crippen LogP contribution in [0.4, 0.5) is 10.8 Å². The summed E-state index contributed by atoms with van der Waals surface area (Å²) in [5.74, 6) is -0.308. The number of halogens is 1. The second-order valence-electron chi connectivity index (χ2n) is 7.95. The van der Waals surface area contributed by atoms with Gasteiger partial charge in [-0.05, 0) is 54.1 Å². The number of anilines is 1. The van der Waals surface area contributed by atoms with E-state index in [9.17, 15) is 14.7 Å². The van der Waals surface area contributed by atoms with Crippen LogP contribution in [0.3, 0.4) is 0 Å². The highest BCUT2D eigenvalue weighted by molar-refractivity contribution is 6.30. The maximum absolute atomic E-state index is 12.6. The lowest BCUT2D eigenvalue weighted by Crippen LogP contribution is -2.37. The van der Waals surface area contributed by atoms with Gasteiger partial charge < -0.3 is 23.9 Å². The number of ether oxygens (including phenoxy) is 2. The van der Waals surface area contributed by atoms with E-state index in [0.717, 1.165) is 10.4 Å². The van der Waals surface area contributed by atoms with Gasteiger partial charge in [0.05, 0.1) is 6.54 Å². The van der Waals surface area contributed by atoms with Gasteiger partial charge in [-0.25, -0.2) is 4.79 Å². The number of fused-ring (bicyclic) bond motifs is 1. The van der Waals surface area contributed by atoms with E-state index >= 15 is 0 Å². The second-order valence-corrected chi connectivity index (χ2v) is 8.39. The molecule has 10 heteroatoms. The highest BCUT2D eigenvalue weighted by atomic mass is 35.5. The molecule has 4 aromatic rings. The van der Waals surface area contributed by atoms with Crippen molar-refractivity contribution in [1.82, 2.24) is 9.88 Å². The standard InChI is InChI=1S/C26H24ClN3O6/c1-29(25-28-22-7-2-3-8-23(22)36-25)13-14-34-21-6-4-5-18(15-21)16-30(17-24(31)32)26(33)35-20-11-9-19(27)10-12-20/h2-12,15H,13-14,16-17H2,1H3,(H,31,32). The fourth-order valence-electron chi connectivity index (χ4n) is 3.39. The molecular formula is C26H24ClN3O6. The summed E-state index contributed by atoms with van der Waals surface area (Å²) in [7, 11) is 1.86. The molecule has 1 aromatic heterocycles. The molecule has 0 aliphatic rings. The molecule has 0 spiro atoms. The maximum Gasteiger partial charge on any atom is 0.416 e. The van der Waals surface area contributed by atoms with Crippen molar-refractivity contribution >= 4 is 40.8 Å². The zero-order valence-electron chi connectivity index (χ0n) is 19.5. The molecule has 3 aromatic carbocycles. The number of carbonyl (C=O) groups is 2. The minimum absolute atomic E-state index is 0.0265. The summed E-state index contributed by atoms with van der Waals surface area (Å²) in [5, 5.41) is 9.76. The van der Waals surface area contributed by atoms with Gasteiger partial charge >= 0.3 is 12.1 Å². The minimum atomic E-state index is -1.15. The van der Waals surface area contributed by atoms with Crippen LogP contribution in [0, 0.1) is 0 Å². The van der Waals surface area contributed by atoms with Gasteiger partial charge in [0, 0.05) is 18.6 Å². The first-order valence-corrected chi connectivity index (χ1v) is 11.5. The lowest BCUT2D eigenvalue weighted by atomic mass is 10.2. The molecule has 1 amide bonds. The first kappa shape index (κ1) is 24.9. The summed E-state index contributed by atoms with van der Waals surface area (Å²) in [6.45, 7) is 0.386. The molecule has 1 N–H and O–H groups in total. The number of aliphatic carboxylic acids is 1. The number of likely N-dealkylation sites (N-methyl/N-ethyl adjacent to an activating group) is 1. The molecular weight excluding hydrogens is 486 g/mol. The fraction of sp³-hybridized carbons (Fsp3) is 0.192. The molecule has 0 aliphatic carbocycles. The van der Waals surface area contributed by atoms with Crippen LogP contribution in [0.1, 0.15) is 5.56 Å². The highest BCUT2D eigenvalue weighted by Gasteiger charge is 2.20. The zero-order chi connectivity index (χ0) is 25.5. The molecule has 9 nitrogen and oxygen atoms in total. The molecule has 1 heterocycles. The van der Waals surface area contributed by atoms with Crippen molar-refractivity contribution in [2.75, 3.05) is 31.6 Å². The normalized spacial score (nSPS) is 10.7. The van der Waals surface area contributed by atoms with Crippen LogP contribution in [-0.2, 0) is 11.3 Å². The first-order valence-electron chi connectivity index (χ1n) is 11.1. The zero-order valence-corrected chi connectivity index (χ0v) is 20.2. The molecule has 0 bridgehead atoms. The quantitative estimate of drug-likeness (QED) is 0.315. The Bertz CT molecular complexity index is 1310. The van der Waals surface area contributed by atoms with Crippen molar-refractivity contribution in [3.63, 3.8) is 0 Å². The van der Waals surface area contributed by atoms with Crippen molar-refractivity contribution in [3.05, 3.63) is 83.4 Å². The number of hydrogen-bond donors (Lipinski definition) is 1. The van der Waals surface area contributed by atoms with E-state index in [4.69, 9.17) is 25.5 Å². The molecule has 0 saturated heterocycles. The van der Waals surface area contributed by atoms with E-state index in [1.165, 1.54) is 12.1 Å². The van der Waals surface area contributed by atoms with E-state index in [-0.39, 0.29) is 12.3 Å². The third-order valence-corrected chi connectivity index (χ3v) is 5.43. The molecule has 186 valence electrons. The Morgan fingerprint density at radius 2 is 1.81 bits per heavy atom. The molecule has 0 aliphatic heterocycles. The number of amides is 1. The number of carboxylic acid groups (broad SMARTS) is 1. The van der Waals surface area contributed by atoms with E-state index < -0.39 is 18.6 Å². The van der Waals surface area contributed by atoms with Gasteiger partial charge in [-0.15, -0.1) is 0 Å². The Morgan fingerprint density at radius 3 is 2.56 bits per heavy atom. The molecule has 0 radical (unpaired) electrons. The summed E-state index contributed by atoms with van der Waals surface area (Å²) in [6.07, 6.45) is -0.786. The van der Waals surface area contributed by atoms with Gasteiger partial charge in [0.2, 0.25) is 0 Å². The Kier molecular flexibility index (Phi) is 7.92. The second kappa shape index (κ2) is 11.5. The molecule has 0 atom stereocenters. The van der Waals surface area contributed by atoms with Crippen LogP contribution < -0.4 is 14.4 Å². The average Bonchev–Trinajstić information content (AvgIpc) is 3.30. The predicted octanol–water partition coefficient (Wildman–Crippen LogP) is 5.08. The number of oxazole rings is 1. The van der Waals surface area contributed by atoms with Crippen molar-refractivity contribution < 1.29 is 28.6 Å². The van der Waals surface area contributed by atoms with Crippen LogP contribution >= 0.6 is 11.6 Å². The number of rotatable bonds is 10. The summed E-state index contributed by atoms with van der Waals surface area (Å²) in [5.41, 5.74) is 2.19. The van der Waals surface area contributed by atoms with Crippen molar-refractivity contribution in [2.24, 2.45) is 0 Å². The highest BCUT2D eigenvalue weighted by Crippen LogP contribution is 2.21. The third kappa shape index (κ3) is 6.67. The summed E-state index contributed by atoms with van der Waals surface area (Å²) in [6, 6.07) is 21.4. The SMILES string of the molecule is CN(CCOc1cccc(CN(CC(=O)O)C(=O)Oc2ccc(Cl)cc2)c1)c1nc2ccccc2o1. The number of para-hydroxylation sites is 2. The van der Waals surface area contributed by atoms with Gasteiger partial charge in [-0.2, -0.15) is 4.98 Å². The van der Waals surface area contributed by atoms with Crippen molar-refractivity contribution in [3.8, 4) is 11.5 Å². The maximum atomic E-state index is 12.6. The monoisotopic (exact) mass is 509 g/mol. The summed E-state index contributed by atoms with van der Waals surface area (Å²) < 4.78 is 16.9. The lowest BCUT2D eigenvalue weighted by molar-refractivity contribution is -0.138. The van der Waals surface area contributed by atoms with E-state index in [2.05, 4.69) is 4.98 Å². The van der Waals surface area contributed by atoms with Gasteiger partial charge in [0.25, 0.3) is 6.01 Å². The number of aromatic nitrogens is 1. The van der Waals surface area contributed by atoms with Crippen LogP contribution in [0.25, 0.3) is 11.1 Å². The van der Waals surface area contributed by atoms with Crippen LogP contribution in [-0.4, -0.2) is 53.8 Å². The third-order valence-electron chi connectivity index (χ3n) is 5.18. The average molecular weight is 510 g/mol. The summed E-state index contributed by atoms with van der Waals surface area (Å²) >= 11 is 5.85. The molecule has 4 rings (SSSR count). The molecule has 0 saturated carbocycles. The molecule has 36 heavy (non-hydrogen) atoms. The largest absolute Gasteiger partial charge is 0.492 e. The predicted molar refractivity (Wildman–Crippen MR) is 135 cm³/mol. The smallest absolute Gasteiger partial charge is 0.416 e. The van der Waals surface area contributed by atoms with Crippen molar-refractivity contribution in [1.29, 1.82) is 0 Å². The van der Waals surface area contributed by atoms with Gasteiger partial charge in [0.15, 0.2) is 5.58 Å². The van der Waals surface area contributed by atoms with E-state index in [1.807, 2.05) is 36.2 Å². The van der Waals surface area contributed by atoms with Crippen LogP contribution in [0.2, 0.25) is 5.02 Å². The van der Waals surface area contributed by atoms with Crippen LogP contribution in [0.5, 0.6) is 11.5 Å². The van der Waals surface area contributed by atoms with Gasteiger partial charge in [-0.3, -0.25) is 9.69 Å². The number of nitrogens with zero attached hydrogens (tertiary/aromatic N) is 3. The van der Waals surface area contributed by atoms with Gasteiger partial charge in [0.1, 0.15) is 30.2 Å².